The van der Waals surface area contributed by atoms with E-state index < -0.39 is 5.66 Å². The van der Waals surface area contributed by atoms with E-state index in [0.717, 1.165) is 50.5 Å². The molecular weight excluding hydrogens is 374 g/mol. The number of ether oxygens (including phenoxy) is 4. The summed E-state index contributed by atoms with van der Waals surface area (Å²) in [5.41, 5.74) is 13.3. The summed E-state index contributed by atoms with van der Waals surface area (Å²) in [6, 6.07) is 3.71. The molecule has 2 aliphatic heterocycles. The lowest BCUT2D eigenvalue weighted by Gasteiger charge is -2.31. The van der Waals surface area contributed by atoms with Gasteiger partial charge in [-0.3, -0.25) is 4.90 Å². The Bertz CT molecular complexity index is 751. The van der Waals surface area contributed by atoms with Gasteiger partial charge in [0.15, 0.2) is 17.5 Å². The van der Waals surface area contributed by atoms with Gasteiger partial charge in [-0.15, -0.1) is 0 Å². The van der Waals surface area contributed by atoms with Gasteiger partial charge in [0.1, 0.15) is 5.66 Å². The molecule has 1 aromatic carbocycles. The molecule has 2 aliphatic rings. The average molecular weight is 405 g/mol. The summed E-state index contributed by atoms with van der Waals surface area (Å²) in [5, 5.41) is 3.10. The first-order valence-corrected chi connectivity index (χ1v) is 9.72. The largest absolute Gasteiger partial charge is 0.493 e. The Kier molecular flexibility index (Phi) is 6.83. The van der Waals surface area contributed by atoms with Crippen LogP contribution in [-0.2, 0) is 4.74 Å². The van der Waals surface area contributed by atoms with Gasteiger partial charge in [-0.05, 0) is 37.6 Å². The zero-order valence-corrected chi connectivity index (χ0v) is 17.4. The first-order valence-electron chi connectivity index (χ1n) is 9.72. The maximum Gasteiger partial charge on any atom is 0.203 e. The maximum atomic E-state index is 6.58. The van der Waals surface area contributed by atoms with Crippen molar-refractivity contribution in [3.05, 3.63) is 23.8 Å². The molecule has 0 aromatic heterocycles. The van der Waals surface area contributed by atoms with E-state index in [2.05, 4.69) is 15.2 Å². The zero-order valence-electron chi connectivity index (χ0n) is 17.4. The van der Waals surface area contributed by atoms with E-state index in [-0.39, 0.29) is 5.96 Å². The van der Waals surface area contributed by atoms with Gasteiger partial charge >= 0.3 is 0 Å². The van der Waals surface area contributed by atoms with Crippen molar-refractivity contribution in [3.63, 3.8) is 0 Å². The number of aliphatic imine (C=N–C) groups is 1. The fourth-order valence-electron chi connectivity index (χ4n) is 3.64. The molecule has 1 fully saturated rings. The fraction of sp³-hybridized carbons (Fsp3) is 0.550. The topological polar surface area (TPSA) is 117 Å². The molecular formula is C20H31N5O4. The molecule has 0 saturated carbocycles. The van der Waals surface area contributed by atoms with Crippen LogP contribution in [0.25, 0.3) is 5.70 Å². The highest BCUT2D eigenvalue weighted by Gasteiger charge is 2.28. The molecule has 3 rings (SSSR count). The number of benzene rings is 1. The third-order valence-corrected chi connectivity index (χ3v) is 5.12. The first-order chi connectivity index (χ1) is 14.0. The highest BCUT2D eigenvalue weighted by atomic mass is 16.5. The third kappa shape index (κ3) is 5.11. The van der Waals surface area contributed by atoms with E-state index in [1.165, 1.54) is 0 Å². The number of hydrogen-bond donors (Lipinski definition) is 3. The third-order valence-electron chi connectivity index (χ3n) is 5.12. The van der Waals surface area contributed by atoms with Crippen molar-refractivity contribution in [2.24, 2.45) is 16.5 Å². The standard InChI is InChI=1S/C20H31N5O4/c1-26-16-11-14(12-17(27-2)18(16)28-3)15-13-20(22,24-19(21)23-15)5-4-6-25-7-9-29-10-8-25/h11-13H,4-10,22H2,1-3H3,(H3,21,23,24). The molecule has 29 heavy (non-hydrogen) atoms. The van der Waals surface area contributed by atoms with Crippen molar-refractivity contribution in [1.82, 2.24) is 10.2 Å². The van der Waals surface area contributed by atoms with E-state index in [9.17, 15) is 0 Å². The van der Waals surface area contributed by atoms with Crippen LogP contribution in [0.1, 0.15) is 18.4 Å². The Morgan fingerprint density at radius 2 is 1.79 bits per heavy atom. The molecule has 0 radical (unpaired) electrons. The predicted molar refractivity (Wildman–Crippen MR) is 112 cm³/mol. The number of nitrogens with one attached hydrogen (secondary N) is 1. The molecule has 0 aliphatic carbocycles. The lowest BCUT2D eigenvalue weighted by Crippen LogP contribution is -2.46. The maximum absolute atomic E-state index is 6.58. The average Bonchev–Trinajstić information content (AvgIpc) is 2.72. The molecule has 2 heterocycles. The second-order valence-corrected chi connectivity index (χ2v) is 7.14. The highest BCUT2D eigenvalue weighted by Crippen LogP contribution is 2.40. The smallest absolute Gasteiger partial charge is 0.203 e. The summed E-state index contributed by atoms with van der Waals surface area (Å²) in [6.07, 6.45) is 3.50. The number of methoxy groups -OCH3 is 3. The number of guanidine groups is 1. The van der Waals surface area contributed by atoms with Gasteiger partial charge in [-0.1, -0.05) is 0 Å². The van der Waals surface area contributed by atoms with Crippen molar-refractivity contribution in [3.8, 4) is 17.2 Å². The summed E-state index contributed by atoms with van der Waals surface area (Å²) >= 11 is 0. The second-order valence-electron chi connectivity index (χ2n) is 7.14. The molecule has 5 N–H and O–H groups in total. The van der Waals surface area contributed by atoms with Crippen molar-refractivity contribution >= 4 is 11.7 Å². The van der Waals surface area contributed by atoms with Crippen LogP contribution in [0.2, 0.25) is 0 Å². The Labute approximate surface area is 171 Å². The van der Waals surface area contributed by atoms with Gasteiger partial charge in [0.25, 0.3) is 0 Å². The molecule has 1 saturated heterocycles. The molecule has 1 unspecified atom stereocenters. The Morgan fingerprint density at radius 3 is 2.38 bits per heavy atom. The number of hydrogen-bond acceptors (Lipinski definition) is 9. The molecule has 9 heteroatoms. The van der Waals surface area contributed by atoms with Crippen LogP contribution in [0.5, 0.6) is 17.2 Å². The molecule has 0 spiro atoms. The summed E-state index contributed by atoms with van der Waals surface area (Å²) in [7, 11) is 4.74. The quantitative estimate of drug-likeness (QED) is 0.580. The van der Waals surface area contributed by atoms with E-state index in [4.69, 9.17) is 30.4 Å². The highest BCUT2D eigenvalue weighted by molar-refractivity contribution is 5.91. The Hall–Kier alpha value is -2.49. The molecule has 0 bridgehead atoms. The van der Waals surface area contributed by atoms with Crippen molar-refractivity contribution in [2.75, 3.05) is 54.2 Å². The van der Waals surface area contributed by atoms with E-state index in [1.807, 2.05) is 18.2 Å². The SMILES string of the molecule is COc1cc(C2=CC(N)(CCCN3CCOCC3)N=C(N)N2)cc(OC)c1OC. The predicted octanol–water partition coefficient (Wildman–Crippen LogP) is 0.739. The van der Waals surface area contributed by atoms with Gasteiger partial charge < -0.3 is 35.7 Å². The minimum absolute atomic E-state index is 0.283. The van der Waals surface area contributed by atoms with Crippen LogP contribution in [0, 0.1) is 0 Å². The normalized spacial score (nSPS) is 22.3. The monoisotopic (exact) mass is 405 g/mol. The number of nitrogens with two attached hydrogens (primary N) is 2. The zero-order chi connectivity index (χ0) is 20.9. The summed E-state index contributed by atoms with van der Waals surface area (Å²) < 4.78 is 21.7. The van der Waals surface area contributed by atoms with Gasteiger partial charge in [0, 0.05) is 24.4 Å². The van der Waals surface area contributed by atoms with Crippen LogP contribution in [0.4, 0.5) is 0 Å². The van der Waals surface area contributed by atoms with Crippen molar-refractivity contribution in [1.29, 1.82) is 0 Å². The van der Waals surface area contributed by atoms with Crippen LogP contribution in [0.15, 0.2) is 23.2 Å². The van der Waals surface area contributed by atoms with Gasteiger partial charge in [0.2, 0.25) is 5.75 Å². The summed E-state index contributed by atoms with van der Waals surface area (Å²) in [6.45, 7) is 4.44. The van der Waals surface area contributed by atoms with Gasteiger partial charge in [-0.25, -0.2) is 4.99 Å². The lowest BCUT2D eigenvalue weighted by atomic mass is 9.99. The fourth-order valence-corrected chi connectivity index (χ4v) is 3.64. The second kappa shape index (κ2) is 9.34. The Morgan fingerprint density at radius 1 is 1.14 bits per heavy atom. The molecule has 9 nitrogen and oxygen atoms in total. The molecule has 0 amide bonds. The minimum atomic E-state index is -0.878. The van der Waals surface area contributed by atoms with Crippen molar-refractivity contribution in [2.45, 2.75) is 18.5 Å². The van der Waals surface area contributed by atoms with Gasteiger partial charge in [0.05, 0.1) is 34.5 Å². The van der Waals surface area contributed by atoms with Crippen LogP contribution in [0.3, 0.4) is 0 Å². The number of morpholine rings is 1. The van der Waals surface area contributed by atoms with Crippen LogP contribution < -0.4 is 31.0 Å². The van der Waals surface area contributed by atoms with Crippen LogP contribution in [-0.4, -0.2) is 70.7 Å². The van der Waals surface area contributed by atoms with Crippen molar-refractivity contribution < 1.29 is 18.9 Å². The van der Waals surface area contributed by atoms with E-state index >= 15 is 0 Å². The molecule has 1 atom stereocenters. The number of nitrogens with zero attached hydrogens (tertiary/aromatic N) is 2. The Balaban J connectivity index is 1.79. The number of rotatable bonds is 8. The lowest BCUT2D eigenvalue weighted by molar-refractivity contribution is 0.0367. The van der Waals surface area contributed by atoms with E-state index in [0.29, 0.717) is 23.7 Å². The van der Waals surface area contributed by atoms with Crippen LogP contribution >= 0.6 is 0 Å². The summed E-state index contributed by atoms with van der Waals surface area (Å²) in [5.74, 6) is 1.92. The van der Waals surface area contributed by atoms with Gasteiger partial charge in [-0.2, -0.15) is 0 Å². The minimum Gasteiger partial charge on any atom is -0.493 e. The first kappa shape index (κ1) is 21.2. The molecule has 160 valence electrons. The molecule has 1 aromatic rings. The summed E-state index contributed by atoms with van der Waals surface area (Å²) in [4.78, 5) is 6.83. The van der Waals surface area contributed by atoms with E-state index in [1.54, 1.807) is 21.3 Å².